The molecule has 0 aliphatic carbocycles. The molecule has 0 saturated carbocycles. The van der Waals surface area contributed by atoms with Gasteiger partial charge in [-0.3, -0.25) is 4.79 Å². The zero-order chi connectivity index (χ0) is 14.4. The maximum atomic E-state index is 12.2. The predicted molar refractivity (Wildman–Crippen MR) is 77.9 cm³/mol. The Hall–Kier alpha value is -1.55. The summed E-state index contributed by atoms with van der Waals surface area (Å²) in [6.07, 6.45) is 0. The first-order valence-electron chi connectivity index (χ1n) is 6.60. The van der Waals surface area contributed by atoms with Gasteiger partial charge in [0.2, 0.25) is 5.91 Å². The van der Waals surface area contributed by atoms with Gasteiger partial charge in [0.25, 0.3) is 0 Å². The van der Waals surface area contributed by atoms with Gasteiger partial charge in [-0.05, 0) is 30.5 Å². The standard InChI is InChI=1S/C15H24N2O2/c1-10(2)14(9-19-4)17-15(18)11(3)12-6-5-7-13(16)8-12/h5-8,10-11,14H,9,16H2,1-4H3,(H,17,18). The molecule has 1 rings (SSSR count). The van der Waals surface area contributed by atoms with E-state index in [0.717, 1.165) is 5.56 Å². The third-order valence-electron chi connectivity index (χ3n) is 3.28. The Bertz CT molecular complexity index is 418. The quantitative estimate of drug-likeness (QED) is 0.774. The highest BCUT2D eigenvalue weighted by Crippen LogP contribution is 2.18. The summed E-state index contributed by atoms with van der Waals surface area (Å²) in [6.45, 7) is 6.53. The molecule has 4 heteroatoms. The molecule has 2 atom stereocenters. The Labute approximate surface area is 115 Å². The molecule has 0 spiro atoms. The van der Waals surface area contributed by atoms with Crippen molar-refractivity contribution < 1.29 is 9.53 Å². The monoisotopic (exact) mass is 264 g/mol. The molecule has 106 valence electrons. The number of carbonyl (C=O) groups excluding carboxylic acids is 1. The van der Waals surface area contributed by atoms with E-state index in [9.17, 15) is 4.79 Å². The van der Waals surface area contributed by atoms with Crippen LogP contribution in [0.1, 0.15) is 32.3 Å². The third kappa shape index (κ3) is 4.56. The lowest BCUT2D eigenvalue weighted by molar-refractivity contribution is -0.123. The van der Waals surface area contributed by atoms with Gasteiger partial charge < -0.3 is 15.8 Å². The molecule has 0 bridgehead atoms. The molecular formula is C15H24N2O2. The average Bonchev–Trinajstić information content (AvgIpc) is 2.37. The highest BCUT2D eigenvalue weighted by molar-refractivity contribution is 5.83. The van der Waals surface area contributed by atoms with Gasteiger partial charge in [-0.25, -0.2) is 0 Å². The second kappa shape index (κ2) is 7.14. The average molecular weight is 264 g/mol. The van der Waals surface area contributed by atoms with E-state index in [1.807, 2.05) is 31.2 Å². The second-order valence-corrected chi connectivity index (χ2v) is 5.21. The van der Waals surface area contributed by atoms with Crippen LogP contribution in [0.25, 0.3) is 0 Å². The number of nitrogens with two attached hydrogens (primary N) is 1. The molecule has 1 aromatic rings. The van der Waals surface area contributed by atoms with Crippen molar-refractivity contribution in [2.24, 2.45) is 5.92 Å². The first-order chi connectivity index (χ1) is 8.95. The Morgan fingerprint density at radius 2 is 2.05 bits per heavy atom. The zero-order valence-corrected chi connectivity index (χ0v) is 12.1. The highest BCUT2D eigenvalue weighted by atomic mass is 16.5. The van der Waals surface area contributed by atoms with E-state index in [-0.39, 0.29) is 17.9 Å². The van der Waals surface area contributed by atoms with Crippen LogP contribution in [0, 0.1) is 5.92 Å². The molecular weight excluding hydrogens is 240 g/mol. The van der Waals surface area contributed by atoms with E-state index < -0.39 is 0 Å². The van der Waals surface area contributed by atoms with Crippen LogP contribution >= 0.6 is 0 Å². The fourth-order valence-electron chi connectivity index (χ4n) is 1.87. The number of amides is 1. The van der Waals surface area contributed by atoms with Crippen LogP contribution in [0.15, 0.2) is 24.3 Å². The van der Waals surface area contributed by atoms with Crippen LogP contribution in [0.3, 0.4) is 0 Å². The topological polar surface area (TPSA) is 64.3 Å². The lowest BCUT2D eigenvalue weighted by Gasteiger charge is -2.23. The van der Waals surface area contributed by atoms with E-state index in [0.29, 0.717) is 18.2 Å². The lowest BCUT2D eigenvalue weighted by Crippen LogP contribution is -2.43. The number of methoxy groups -OCH3 is 1. The van der Waals surface area contributed by atoms with Gasteiger partial charge in [-0.1, -0.05) is 26.0 Å². The molecule has 0 aromatic heterocycles. The number of hydrogen-bond donors (Lipinski definition) is 2. The second-order valence-electron chi connectivity index (χ2n) is 5.21. The van der Waals surface area contributed by atoms with Crippen molar-refractivity contribution in [1.29, 1.82) is 0 Å². The number of hydrogen-bond acceptors (Lipinski definition) is 3. The third-order valence-corrected chi connectivity index (χ3v) is 3.28. The maximum Gasteiger partial charge on any atom is 0.227 e. The van der Waals surface area contributed by atoms with Crippen molar-refractivity contribution in [3.63, 3.8) is 0 Å². The Balaban J connectivity index is 2.71. The number of anilines is 1. The Morgan fingerprint density at radius 1 is 1.37 bits per heavy atom. The summed E-state index contributed by atoms with van der Waals surface area (Å²) in [5.41, 5.74) is 7.35. The predicted octanol–water partition coefficient (Wildman–Crippen LogP) is 2.16. The first-order valence-corrected chi connectivity index (χ1v) is 6.60. The molecule has 0 radical (unpaired) electrons. The van der Waals surface area contributed by atoms with E-state index in [2.05, 4.69) is 19.2 Å². The van der Waals surface area contributed by atoms with Gasteiger partial charge in [-0.2, -0.15) is 0 Å². The molecule has 0 aliphatic rings. The molecule has 1 amide bonds. The van der Waals surface area contributed by atoms with Crippen LogP contribution in [0.2, 0.25) is 0 Å². The summed E-state index contributed by atoms with van der Waals surface area (Å²) in [7, 11) is 1.64. The molecule has 19 heavy (non-hydrogen) atoms. The van der Waals surface area contributed by atoms with Crippen LogP contribution in [0.5, 0.6) is 0 Å². The van der Waals surface area contributed by atoms with Crippen LogP contribution in [-0.4, -0.2) is 25.7 Å². The van der Waals surface area contributed by atoms with Crippen LogP contribution in [0.4, 0.5) is 5.69 Å². The Kier molecular flexibility index (Phi) is 5.83. The summed E-state index contributed by atoms with van der Waals surface area (Å²) in [4.78, 5) is 12.2. The molecule has 2 unspecified atom stereocenters. The number of ether oxygens (including phenoxy) is 1. The molecule has 1 aromatic carbocycles. The van der Waals surface area contributed by atoms with Crippen molar-refractivity contribution in [1.82, 2.24) is 5.32 Å². The van der Waals surface area contributed by atoms with Gasteiger partial charge in [-0.15, -0.1) is 0 Å². The summed E-state index contributed by atoms with van der Waals surface area (Å²) in [5.74, 6) is 0.111. The van der Waals surface area contributed by atoms with E-state index in [1.54, 1.807) is 7.11 Å². The number of carbonyl (C=O) groups is 1. The zero-order valence-electron chi connectivity index (χ0n) is 12.1. The number of nitrogens with one attached hydrogen (secondary N) is 1. The summed E-state index contributed by atoms with van der Waals surface area (Å²) >= 11 is 0. The van der Waals surface area contributed by atoms with Crippen molar-refractivity contribution in [3.8, 4) is 0 Å². The van der Waals surface area contributed by atoms with E-state index >= 15 is 0 Å². The maximum absolute atomic E-state index is 12.2. The van der Waals surface area contributed by atoms with Gasteiger partial charge >= 0.3 is 0 Å². The van der Waals surface area contributed by atoms with Crippen molar-refractivity contribution in [2.45, 2.75) is 32.7 Å². The minimum Gasteiger partial charge on any atom is -0.399 e. The minimum atomic E-state index is -0.221. The molecule has 0 fully saturated rings. The molecule has 3 N–H and O–H groups in total. The number of rotatable bonds is 6. The van der Waals surface area contributed by atoms with Crippen LogP contribution < -0.4 is 11.1 Å². The van der Waals surface area contributed by atoms with E-state index in [4.69, 9.17) is 10.5 Å². The van der Waals surface area contributed by atoms with Gasteiger partial charge in [0.05, 0.1) is 18.6 Å². The van der Waals surface area contributed by atoms with Crippen molar-refractivity contribution in [3.05, 3.63) is 29.8 Å². The highest BCUT2D eigenvalue weighted by Gasteiger charge is 2.21. The van der Waals surface area contributed by atoms with Crippen molar-refractivity contribution in [2.75, 3.05) is 19.5 Å². The largest absolute Gasteiger partial charge is 0.399 e. The normalized spacial score (nSPS) is 14.2. The van der Waals surface area contributed by atoms with Crippen molar-refractivity contribution >= 4 is 11.6 Å². The molecule has 4 nitrogen and oxygen atoms in total. The first kappa shape index (κ1) is 15.5. The van der Waals surface area contributed by atoms with Gasteiger partial charge in [0.1, 0.15) is 0 Å². The summed E-state index contributed by atoms with van der Waals surface area (Å²) in [5, 5.41) is 3.03. The molecule has 0 saturated heterocycles. The fraction of sp³-hybridized carbons (Fsp3) is 0.533. The van der Waals surface area contributed by atoms with Gasteiger partial charge in [0.15, 0.2) is 0 Å². The SMILES string of the molecule is COCC(NC(=O)C(C)c1cccc(N)c1)C(C)C. The number of benzene rings is 1. The fourth-order valence-corrected chi connectivity index (χ4v) is 1.87. The minimum absolute atomic E-state index is 0.00125. The molecule has 0 aliphatic heterocycles. The smallest absolute Gasteiger partial charge is 0.227 e. The summed E-state index contributed by atoms with van der Waals surface area (Å²) < 4.78 is 5.14. The molecule has 0 heterocycles. The van der Waals surface area contributed by atoms with E-state index in [1.165, 1.54) is 0 Å². The van der Waals surface area contributed by atoms with Gasteiger partial charge in [0, 0.05) is 12.8 Å². The number of nitrogen functional groups attached to an aromatic ring is 1. The van der Waals surface area contributed by atoms with Crippen LogP contribution in [-0.2, 0) is 9.53 Å². The lowest BCUT2D eigenvalue weighted by atomic mass is 9.98. The Morgan fingerprint density at radius 3 is 2.58 bits per heavy atom. The summed E-state index contributed by atoms with van der Waals surface area (Å²) in [6, 6.07) is 7.46.